The molecular formula is C27H28N4O2. The molecular weight excluding hydrogens is 412 g/mol. The average molecular weight is 441 g/mol. The topological polar surface area (TPSA) is 73.5 Å². The summed E-state index contributed by atoms with van der Waals surface area (Å²) in [6.07, 6.45) is 0. The molecule has 0 radical (unpaired) electrons. The average Bonchev–Trinajstić information content (AvgIpc) is 3.13. The molecule has 3 aromatic rings. The lowest BCUT2D eigenvalue weighted by Crippen LogP contribution is -2.22. The Hall–Kier alpha value is -3.90. The fourth-order valence-electron chi connectivity index (χ4n) is 3.91. The number of hydrogen-bond donors (Lipinski definition) is 3. The minimum absolute atomic E-state index is 0.161. The molecule has 1 aliphatic heterocycles. The number of fused-ring (bicyclic) bond motifs is 1. The highest BCUT2D eigenvalue weighted by atomic mass is 16.2. The summed E-state index contributed by atoms with van der Waals surface area (Å²) in [4.78, 5) is 27.5. The Kier molecular flexibility index (Phi) is 6.56. The van der Waals surface area contributed by atoms with Crippen molar-refractivity contribution in [3.8, 4) is 0 Å². The molecule has 3 N–H and O–H groups in total. The van der Waals surface area contributed by atoms with Crippen LogP contribution in [0.4, 0.5) is 11.4 Å². The molecule has 0 fully saturated rings. The van der Waals surface area contributed by atoms with Crippen LogP contribution < -0.4 is 16.0 Å². The lowest BCUT2D eigenvalue weighted by Gasteiger charge is -2.16. The summed E-state index contributed by atoms with van der Waals surface area (Å²) in [6.45, 7) is 3.28. The van der Waals surface area contributed by atoms with Gasteiger partial charge in [0.25, 0.3) is 11.8 Å². The van der Waals surface area contributed by atoms with Crippen molar-refractivity contribution in [2.75, 3.05) is 31.3 Å². The first-order chi connectivity index (χ1) is 16.0. The quantitative estimate of drug-likeness (QED) is 0.475. The van der Waals surface area contributed by atoms with Crippen LogP contribution in [-0.2, 0) is 11.3 Å². The van der Waals surface area contributed by atoms with Crippen molar-refractivity contribution in [3.63, 3.8) is 0 Å². The molecule has 33 heavy (non-hydrogen) atoms. The van der Waals surface area contributed by atoms with Gasteiger partial charge in [-0.1, -0.05) is 48.5 Å². The second-order valence-corrected chi connectivity index (χ2v) is 8.25. The molecule has 0 bridgehead atoms. The number of nitrogens with one attached hydrogen (secondary N) is 3. The van der Waals surface area contributed by atoms with Crippen LogP contribution >= 0.6 is 0 Å². The molecule has 1 aliphatic rings. The van der Waals surface area contributed by atoms with Crippen molar-refractivity contribution in [2.45, 2.75) is 13.5 Å². The Morgan fingerprint density at radius 1 is 0.939 bits per heavy atom. The third kappa shape index (κ3) is 4.96. The molecule has 3 aromatic carbocycles. The third-order valence-electron chi connectivity index (χ3n) is 5.40. The molecule has 4 rings (SSSR count). The van der Waals surface area contributed by atoms with Gasteiger partial charge in [-0.15, -0.1) is 0 Å². The molecule has 6 nitrogen and oxygen atoms in total. The molecule has 1 heterocycles. The Labute approximate surface area is 194 Å². The number of amides is 2. The third-order valence-corrected chi connectivity index (χ3v) is 5.40. The largest absolute Gasteiger partial charge is 0.354 e. The monoisotopic (exact) mass is 440 g/mol. The van der Waals surface area contributed by atoms with E-state index in [-0.39, 0.29) is 11.8 Å². The molecule has 0 spiro atoms. The van der Waals surface area contributed by atoms with Crippen LogP contribution in [0.25, 0.3) is 11.3 Å². The fraction of sp³-hybridized carbons (Fsp3) is 0.185. The molecule has 168 valence electrons. The predicted octanol–water partition coefficient (Wildman–Crippen LogP) is 4.43. The van der Waals surface area contributed by atoms with Crippen LogP contribution in [0.2, 0.25) is 0 Å². The second-order valence-electron chi connectivity index (χ2n) is 8.25. The number of benzene rings is 3. The van der Waals surface area contributed by atoms with E-state index >= 15 is 0 Å². The van der Waals surface area contributed by atoms with Gasteiger partial charge in [-0.3, -0.25) is 9.59 Å². The van der Waals surface area contributed by atoms with Crippen LogP contribution in [0, 0.1) is 0 Å². The normalized spacial score (nSPS) is 14.0. The van der Waals surface area contributed by atoms with E-state index in [1.807, 2.05) is 69.6 Å². The SMILES string of the molecule is CCNC(=O)c1ccc2c(c1)NC(=O)C2=C(Nc1ccc(CN(C)C)cc1)c1ccccc1. The van der Waals surface area contributed by atoms with E-state index in [0.29, 0.717) is 23.4 Å². The minimum atomic E-state index is -0.200. The Morgan fingerprint density at radius 2 is 1.67 bits per heavy atom. The lowest BCUT2D eigenvalue weighted by molar-refractivity contribution is -0.110. The van der Waals surface area contributed by atoms with Crippen molar-refractivity contribution < 1.29 is 9.59 Å². The van der Waals surface area contributed by atoms with Crippen molar-refractivity contribution in [2.24, 2.45) is 0 Å². The highest BCUT2D eigenvalue weighted by Crippen LogP contribution is 2.38. The zero-order valence-corrected chi connectivity index (χ0v) is 19.1. The van der Waals surface area contributed by atoms with Gasteiger partial charge in [0.1, 0.15) is 0 Å². The van der Waals surface area contributed by atoms with Gasteiger partial charge in [0.15, 0.2) is 0 Å². The number of anilines is 2. The summed E-state index contributed by atoms with van der Waals surface area (Å²) >= 11 is 0. The standard InChI is InChI=1S/C27H28N4O2/c1-4-28-26(32)20-12-15-22-23(16-20)30-27(33)24(22)25(19-8-6-5-7-9-19)29-21-13-10-18(11-14-21)17-31(2)3/h5-16,29H,4,17H2,1-3H3,(H,28,32)(H,30,33). The predicted molar refractivity (Wildman–Crippen MR) is 134 cm³/mol. The maximum atomic E-state index is 13.1. The van der Waals surface area contributed by atoms with Gasteiger partial charge in [-0.05, 0) is 56.4 Å². The van der Waals surface area contributed by atoms with Crippen LogP contribution in [0.1, 0.15) is 34.0 Å². The first kappa shape index (κ1) is 22.3. The summed E-state index contributed by atoms with van der Waals surface area (Å²) in [5.74, 6) is -0.361. The lowest BCUT2D eigenvalue weighted by atomic mass is 9.98. The van der Waals surface area contributed by atoms with Crippen LogP contribution in [-0.4, -0.2) is 37.4 Å². The van der Waals surface area contributed by atoms with Crippen molar-refractivity contribution in [1.29, 1.82) is 0 Å². The number of rotatable bonds is 7. The molecule has 0 unspecified atom stereocenters. The fourth-order valence-corrected chi connectivity index (χ4v) is 3.91. The number of carbonyl (C=O) groups excluding carboxylic acids is 2. The van der Waals surface area contributed by atoms with Gasteiger partial charge >= 0.3 is 0 Å². The van der Waals surface area contributed by atoms with Gasteiger partial charge in [0.2, 0.25) is 0 Å². The van der Waals surface area contributed by atoms with Crippen LogP contribution in [0.3, 0.4) is 0 Å². The first-order valence-corrected chi connectivity index (χ1v) is 11.0. The summed E-state index contributed by atoms with van der Waals surface area (Å²) in [6, 6.07) is 23.3. The maximum Gasteiger partial charge on any atom is 0.258 e. The van der Waals surface area contributed by atoms with Gasteiger partial charge in [0, 0.05) is 35.6 Å². The second kappa shape index (κ2) is 9.71. The highest BCUT2D eigenvalue weighted by Gasteiger charge is 2.29. The van der Waals surface area contributed by atoms with Gasteiger partial charge in [0.05, 0.1) is 11.3 Å². The summed E-state index contributed by atoms with van der Waals surface area (Å²) in [5, 5.41) is 9.20. The molecule has 2 amide bonds. The van der Waals surface area contributed by atoms with Crippen LogP contribution in [0.5, 0.6) is 0 Å². The number of hydrogen-bond acceptors (Lipinski definition) is 4. The first-order valence-electron chi connectivity index (χ1n) is 11.0. The summed E-state index contributed by atoms with van der Waals surface area (Å²) < 4.78 is 0. The molecule has 0 saturated heterocycles. The smallest absolute Gasteiger partial charge is 0.258 e. The van der Waals surface area contributed by atoms with Gasteiger partial charge in [-0.25, -0.2) is 0 Å². The van der Waals surface area contributed by atoms with E-state index in [2.05, 4.69) is 33.0 Å². The Balaban J connectivity index is 1.76. The van der Waals surface area contributed by atoms with Crippen molar-refractivity contribution in [3.05, 3.63) is 95.1 Å². The minimum Gasteiger partial charge on any atom is -0.354 e. The molecule has 0 atom stereocenters. The molecule has 0 aromatic heterocycles. The zero-order chi connectivity index (χ0) is 23.4. The van der Waals surface area contributed by atoms with Crippen LogP contribution in [0.15, 0.2) is 72.8 Å². The Morgan fingerprint density at radius 3 is 2.33 bits per heavy atom. The van der Waals surface area contributed by atoms with Crippen molar-refractivity contribution in [1.82, 2.24) is 10.2 Å². The van der Waals surface area contributed by atoms with Gasteiger partial charge in [-0.2, -0.15) is 0 Å². The molecule has 0 aliphatic carbocycles. The zero-order valence-electron chi connectivity index (χ0n) is 19.1. The summed E-state index contributed by atoms with van der Waals surface area (Å²) in [7, 11) is 4.08. The maximum absolute atomic E-state index is 13.1. The van der Waals surface area contributed by atoms with E-state index in [9.17, 15) is 9.59 Å². The summed E-state index contributed by atoms with van der Waals surface area (Å²) in [5.41, 5.74) is 6.20. The van der Waals surface area contributed by atoms with E-state index in [1.54, 1.807) is 12.1 Å². The number of nitrogens with zero attached hydrogens (tertiary/aromatic N) is 1. The van der Waals surface area contributed by atoms with E-state index in [4.69, 9.17) is 0 Å². The van der Waals surface area contributed by atoms with E-state index in [1.165, 1.54) is 5.56 Å². The number of carbonyl (C=O) groups is 2. The van der Waals surface area contributed by atoms with Gasteiger partial charge < -0.3 is 20.9 Å². The highest BCUT2D eigenvalue weighted by molar-refractivity contribution is 6.37. The van der Waals surface area contributed by atoms with Crippen molar-refractivity contribution >= 4 is 34.5 Å². The van der Waals surface area contributed by atoms with E-state index in [0.717, 1.165) is 29.1 Å². The molecule has 0 saturated carbocycles. The van der Waals surface area contributed by atoms with E-state index < -0.39 is 0 Å². The Bertz CT molecular complexity index is 1200. The molecule has 6 heteroatoms.